The molecule has 0 bridgehead atoms. The molecule has 140 valence electrons. The van der Waals surface area contributed by atoms with Crippen LogP contribution in [0.25, 0.3) is 0 Å². The van der Waals surface area contributed by atoms with E-state index in [1.54, 1.807) is 30.5 Å². The van der Waals surface area contributed by atoms with E-state index in [1.165, 1.54) is 6.20 Å². The van der Waals surface area contributed by atoms with Crippen molar-refractivity contribution in [1.29, 1.82) is 0 Å². The fourth-order valence-electron chi connectivity index (χ4n) is 3.67. The Bertz CT molecular complexity index is 887. The first-order chi connectivity index (χ1) is 13.1. The van der Waals surface area contributed by atoms with Crippen LogP contribution in [0, 0.1) is 0 Å². The fraction of sp³-hybridized carbons (Fsp3) is 0.350. The molecule has 7 heteroatoms. The van der Waals surface area contributed by atoms with E-state index >= 15 is 0 Å². The number of aromatic nitrogens is 1. The predicted molar refractivity (Wildman–Crippen MR) is 105 cm³/mol. The van der Waals surface area contributed by atoms with Crippen LogP contribution in [0.3, 0.4) is 0 Å². The van der Waals surface area contributed by atoms with Crippen LogP contribution in [0.4, 0.5) is 5.69 Å². The van der Waals surface area contributed by atoms with Crippen molar-refractivity contribution >= 4 is 33.4 Å². The number of carbonyl (C=O) groups excluding carboxylic acids is 2. The zero-order valence-electron chi connectivity index (χ0n) is 14.8. The van der Waals surface area contributed by atoms with Gasteiger partial charge in [-0.25, -0.2) is 0 Å². The summed E-state index contributed by atoms with van der Waals surface area (Å²) in [6, 6.07) is 7.16. The van der Waals surface area contributed by atoms with Crippen molar-refractivity contribution in [2.45, 2.75) is 31.7 Å². The Morgan fingerprint density at radius 3 is 2.96 bits per heavy atom. The number of halogens is 1. The third-order valence-electron chi connectivity index (χ3n) is 5.03. The van der Waals surface area contributed by atoms with Gasteiger partial charge in [-0.1, -0.05) is 0 Å². The monoisotopic (exact) mass is 429 g/mol. The van der Waals surface area contributed by atoms with Crippen molar-refractivity contribution in [2.75, 3.05) is 18.5 Å². The molecule has 0 spiro atoms. The normalized spacial score (nSPS) is 19.2. The number of fused-ring (bicyclic) bond motifs is 2. The molecule has 1 saturated heterocycles. The molecule has 1 fully saturated rings. The Kier molecular flexibility index (Phi) is 5.11. The predicted octanol–water partition coefficient (Wildman–Crippen LogP) is 3.87. The molecule has 4 rings (SSSR count). The van der Waals surface area contributed by atoms with Gasteiger partial charge in [-0.3, -0.25) is 14.6 Å². The second-order valence-corrected chi connectivity index (χ2v) is 7.76. The number of carbonyl (C=O) groups is 2. The van der Waals surface area contributed by atoms with E-state index in [-0.39, 0.29) is 17.9 Å². The highest BCUT2D eigenvalue weighted by Gasteiger charge is 2.31. The van der Waals surface area contributed by atoms with Gasteiger partial charge in [-0.15, -0.1) is 0 Å². The minimum atomic E-state index is -0.279. The maximum atomic E-state index is 13.1. The molecule has 1 aromatic heterocycles. The zero-order chi connectivity index (χ0) is 18.8. The third kappa shape index (κ3) is 3.83. The second kappa shape index (κ2) is 7.68. The van der Waals surface area contributed by atoms with Crippen molar-refractivity contribution < 1.29 is 14.3 Å². The van der Waals surface area contributed by atoms with Crippen LogP contribution in [-0.2, 0) is 0 Å². The molecule has 2 aliphatic rings. The Hall–Kier alpha value is -2.41. The molecule has 6 nitrogen and oxygen atoms in total. The number of amides is 2. The van der Waals surface area contributed by atoms with Gasteiger partial charge in [0.05, 0.1) is 17.7 Å². The molecule has 0 saturated carbocycles. The average molecular weight is 430 g/mol. The molecule has 27 heavy (non-hydrogen) atoms. The fourth-order valence-corrected chi connectivity index (χ4v) is 4.03. The highest BCUT2D eigenvalue weighted by Crippen LogP contribution is 2.31. The number of rotatable bonds is 2. The van der Waals surface area contributed by atoms with Gasteiger partial charge in [0.15, 0.2) is 0 Å². The summed E-state index contributed by atoms with van der Waals surface area (Å²) >= 11 is 3.31. The van der Waals surface area contributed by atoms with Gasteiger partial charge in [0, 0.05) is 41.6 Å². The van der Waals surface area contributed by atoms with Crippen molar-refractivity contribution in [2.24, 2.45) is 0 Å². The van der Waals surface area contributed by atoms with E-state index in [0.29, 0.717) is 29.2 Å². The van der Waals surface area contributed by atoms with Crippen LogP contribution in [0.2, 0.25) is 0 Å². The molecule has 1 N–H and O–H groups in total. The Morgan fingerprint density at radius 1 is 1.22 bits per heavy atom. The zero-order valence-corrected chi connectivity index (χ0v) is 16.4. The lowest BCUT2D eigenvalue weighted by Crippen LogP contribution is -2.45. The van der Waals surface area contributed by atoms with E-state index in [1.807, 2.05) is 4.90 Å². The Labute approximate surface area is 166 Å². The number of pyridine rings is 1. The highest BCUT2D eigenvalue weighted by atomic mass is 79.9. The molecule has 0 unspecified atom stereocenters. The van der Waals surface area contributed by atoms with Gasteiger partial charge in [-0.2, -0.15) is 0 Å². The van der Waals surface area contributed by atoms with Gasteiger partial charge in [0.25, 0.3) is 11.8 Å². The van der Waals surface area contributed by atoms with E-state index < -0.39 is 0 Å². The minimum Gasteiger partial charge on any atom is -0.493 e. The number of piperidine rings is 1. The molecule has 0 aliphatic carbocycles. The van der Waals surface area contributed by atoms with Crippen LogP contribution in [0.5, 0.6) is 5.75 Å². The van der Waals surface area contributed by atoms with Crippen LogP contribution in [0.1, 0.15) is 46.4 Å². The van der Waals surface area contributed by atoms with Gasteiger partial charge < -0.3 is 15.0 Å². The highest BCUT2D eigenvalue weighted by molar-refractivity contribution is 9.10. The van der Waals surface area contributed by atoms with Crippen LogP contribution >= 0.6 is 15.9 Å². The number of anilines is 1. The average Bonchev–Trinajstić information content (AvgIpc) is 2.67. The maximum absolute atomic E-state index is 13.1. The SMILES string of the molecule is O=C(Nc1ccc2c(c1)C(=O)N1CCCC[C@@H]1CCO2)c1cncc(Br)c1. The Balaban J connectivity index is 1.60. The maximum Gasteiger partial charge on any atom is 0.257 e. The molecule has 3 heterocycles. The van der Waals surface area contributed by atoms with E-state index in [0.717, 1.165) is 36.7 Å². The topological polar surface area (TPSA) is 71.5 Å². The molecule has 1 atom stereocenters. The smallest absolute Gasteiger partial charge is 0.257 e. The van der Waals surface area contributed by atoms with Gasteiger partial charge in [0.2, 0.25) is 0 Å². The van der Waals surface area contributed by atoms with Crippen molar-refractivity contribution in [3.05, 3.63) is 52.3 Å². The molecular formula is C20H20BrN3O3. The van der Waals surface area contributed by atoms with Crippen molar-refractivity contribution in [1.82, 2.24) is 9.88 Å². The molecule has 1 aromatic carbocycles. The summed E-state index contributed by atoms with van der Waals surface area (Å²) in [6.45, 7) is 1.38. The lowest BCUT2D eigenvalue weighted by atomic mass is 9.97. The number of ether oxygens (including phenoxy) is 1. The van der Waals surface area contributed by atoms with Crippen LogP contribution in [0.15, 0.2) is 41.1 Å². The minimum absolute atomic E-state index is 0.0189. The first-order valence-electron chi connectivity index (χ1n) is 9.11. The van der Waals surface area contributed by atoms with Gasteiger partial charge in [-0.05, 0) is 59.5 Å². The first kappa shape index (κ1) is 18.0. The standard InChI is InChI=1S/C20H20BrN3O3/c21-14-9-13(11-22-12-14)19(25)23-15-4-5-18-17(10-15)20(26)24-7-2-1-3-16(24)6-8-27-18/h4-5,9-12,16H,1-3,6-8H2,(H,23,25)/t16-/m1/s1. The lowest BCUT2D eigenvalue weighted by molar-refractivity contribution is 0.0548. The third-order valence-corrected chi connectivity index (χ3v) is 5.47. The van der Waals surface area contributed by atoms with Crippen molar-refractivity contribution in [3.8, 4) is 5.75 Å². The van der Waals surface area contributed by atoms with E-state index in [2.05, 4.69) is 26.2 Å². The van der Waals surface area contributed by atoms with Crippen LogP contribution in [-0.4, -0.2) is 40.9 Å². The first-order valence-corrected chi connectivity index (χ1v) is 9.91. The summed E-state index contributed by atoms with van der Waals surface area (Å²) in [5.41, 5.74) is 1.51. The van der Waals surface area contributed by atoms with Gasteiger partial charge >= 0.3 is 0 Å². The van der Waals surface area contributed by atoms with Crippen LogP contribution < -0.4 is 10.1 Å². The number of nitrogens with zero attached hydrogens (tertiary/aromatic N) is 2. The summed E-state index contributed by atoms with van der Waals surface area (Å²) in [6.07, 6.45) is 7.19. The second-order valence-electron chi connectivity index (χ2n) is 6.84. The number of hydrogen-bond acceptors (Lipinski definition) is 4. The summed E-state index contributed by atoms with van der Waals surface area (Å²) in [7, 11) is 0. The van der Waals surface area contributed by atoms with Crippen molar-refractivity contribution in [3.63, 3.8) is 0 Å². The summed E-state index contributed by atoms with van der Waals surface area (Å²) in [4.78, 5) is 31.5. The molecule has 2 amide bonds. The summed E-state index contributed by atoms with van der Waals surface area (Å²) in [5.74, 6) is 0.277. The quantitative estimate of drug-likeness (QED) is 0.785. The molecule has 0 radical (unpaired) electrons. The Morgan fingerprint density at radius 2 is 2.11 bits per heavy atom. The van der Waals surface area contributed by atoms with Gasteiger partial charge in [0.1, 0.15) is 5.75 Å². The largest absolute Gasteiger partial charge is 0.493 e. The van der Waals surface area contributed by atoms with E-state index in [9.17, 15) is 9.59 Å². The lowest BCUT2D eigenvalue weighted by Gasteiger charge is -2.37. The molecular weight excluding hydrogens is 410 g/mol. The number of benzene rings is 1. The number of nitrogens with one attached hydrogen (secondary N) is 1. The molecule has 2 aliphatic heterocycles. The number of hydrogen-bond donors (Lipinski definition) is 1. The molecule has 2 aromatic rings. The summed E-state index contributed by atoms with van der Waals surface area (Å²) < 4.78 is 6.56. The van der Waals surface area contributed by atoms with E-state index in [4.69, 9.17) is 4.74 Å². The summed E-state index contributed by atoms with van der Waals surface area (Å²) in [5, 5.41) is 2.84.